The van der Waals surface area contributed by atoms with Crippen LogP contribution in [0.15, 0.2) is 29.3 Å². The first-order valence-electron chi connectivity index (χ1n) is 15.0. The van der Waals surface area contributed by atoms with Crippen molar-refractivity contribution in [1.29, 1.82) is 5.41 Å². The van der Waals surface area contributed by atoms with Crippen LogP contribution in [0, 0.1) is 23.2 Å². The number of benzene rings is 1. The normalized spacial score (nSPS) is 18.4. The lowest BCUT2D eigenvalue weighted by Gasteiger charge is -2.34. The third-order valence-corrected chi connectivity index (χ3v) is 8.54. The summed E-state index contributed by atoms with van der Waals surface area (Å²) in [5.74, 6) is -1.97. The molecule has 0 saturated heterocycles. The van der Waals surface area contributed by atoms with Crippen LogP contribution >= 0.6 is 0 Å². The molecule has 3 atom stereocenters. The topological polar surface area (TPSA) is 210 Å². The predicted molar refractivity (Wildman–Crippen MR) is 159 cm³/mol. The minimum absolute atomic E-state index is 0.00429. The summed E-state index contributed by atoms with van der Waals surface area (Å²) in [7, 11) is 0. The van der Waals surface area contributed by atoms with Gasteiger partial charge in [0.25, 0.3) is 0 Å². The van der Waals surface area contributed by atoms with E-state index >= 15 is 0 Å². The van der Waals surface area contributed by atoms with Crippen LogP contribution in [0.5, 0.6) is 0 Å². The van der Waals surface area contributed by atoms with Crippen LogP contribution in [-0.2, 0) is 20.8 Å². The molecule has 2 aliphatic carbocycles. The minimum Gasteiger partial charge on any atom is -0.480 e. The van der Waals surface area contributed by atoms with Gasteiger partial charge in [-0.3, -0.25) is 20.0 Å². The monoisotopic (exact) mass is 569 g/mol. The molecule has 11 heteroatoms. The van der Waals surface area contributed by atoms with Crippen LogP contribution in [-0.4, -0.2) is 53.3 Å². The fourth-order valence-corrected chi connectivity index (χ4v) is 6.23. The highest BCUT2D eigenvalue weighted by molar-refractivity contribution is 5.95. The first-order chi connectivity index (χ1) is 19.7. The molecule has 2 aliphatic rings. The third-order valence-electron chi connectivity index (χ3n) is 8.54. The Kier molecular flexibility index (Phi) is 12.4. The molecule has 0 bridgehead atoms. The molecule has 0 heterocycles. The van der Waals surface area contributed by atoms with Crippen molar-refractivity contribution in [3.8, 4) is 0 Å². The molecule has 226 valence electrons. The Balaban J connectivity index is 1.78. The van der Waals surface area contributed by atoms with Gasteiger partial charge in [0.2, 0.25) is 11.8 Å². The van der Waals surface area contributed by atoms with Crippen LogP contribution in [0.2, 0.25) is 0 Å². The summed E-state index contributed by atoms with van der Waals surface area (Å²) >= 11 is 0. The summed E-state index contributed by atoms with van der Waals surface area (Å²) in [6, 6.07) is 5.51. The SMILES string of the molecule is N=C(N)c1ccc(CC(C(=O)N[C@H](C(=O)N[C@@H](CCCN=C(N)N)C(=O)O)C2CCCCC2)C2CCCCC2)cc1. The van der Waals surface area contributed by atoms with Crippen LogP contribution < -0.4 is 27.8 Å². The van der Waals surface area contributed by atoms with Crippen LogP contribution in [0.4, 0.5) is 0 Å². The van der Waals surface area contributed by atoms with Gasteiger partial charge >= 0.3 is 5.97 Å². The van der Waals surface area contributed by atoms with Gasteiger partial charge in [-0.1, -0.05) is 62.8 Å². The van der Waals surface area contributed by atoms with Gasteiger partial charge in [0.1, 0.15) is 17.9 Å². The van der Waals surface area contributed by atoms with Crippen molar-refractivity contribution in [1.82, 2.24) is 10.6 Å². The maximum Gasteiger partial charge on any atom is 0.326 e. The lowest BCUT2D eigenvalue weighted by molar-refractivity contribution is -0.143. The molecule has 1 aromatic rings. The Hall–Kier alpha value is -3.63. The van der Waals surface area contributed by atoms with Crippen molar-refractivity contribution < 1.29 is 19.5 Å². The summed E-state index contributed by atoms with van der Waals surface area (Å²) in [4.78, 5) is 43.4. The van der Waals surface area contributed by atoms with E-state index in [1.165, 1.54) is 0 Å². The molecule has 0 aromatic heterocycles. The first-order valence-corrected chi connectivity index (χ1v) is 15.0. The maximum absolute atomic E-state index is 14.0. The fourth-order valence-electron chi connectivity index (χ4n) is 6.23. The first kappa shape index (κ1) is 31.9. The third kappa shape index (κ3) is 10.1. The lowest BCUT2D eigenvalue weighted by Crippen LogP contribution is -2.56. The molecule has 2 amide bonds. The van der Waals surface area contributed by atoms with Crippen molar-refractivity contribution in [2.75, 3.05) is 6.54 Å². The van der Waals surface area contributed by atoms with Gasteiger partial charge in [0, 0.05) is 18.0 Å². The van der Waals surface area contributed by atoms with E-state index in [1.807, 2.05) is 12.1 Å². The van der Waals surface area contributed by atoms with Gasteiger partial charge in [0.15, 0.2) is 5.96 Å². The molecule has 10 N–H and O–H groups in total. The molecule has 0 spiro atoms. The van der Waals surface area contributed by atoms with Gasteiger partial charge in [0.05, 0.1) is 0 Å². The predicted octanol–water partition coefficient (Wildman–Crippen LogP) is 2.40. The Morgan fingerprint density at radius 2 is 1.46 bits per heavy atom. The number of nitrogens with zero attached hydrogens (tertiary/aromatic N) is 1. The van der Waals surface area contributed by atoms with Gasteiger partial charge in [-0.25, -0.2) is 4.79 Å². The van der Waals surface area contributed by atoms with E-state index in [0.29, 0.717) is 18.4 Å². The average molecular weight is 570 g/mol. The number of rotatable bonds is 14. The number of aliphatic imine (C=N–C) groups is 1. The number of carbonyl (C=O) groups excluding carboxylic acids is 2. The standard InChI is InChI=1S/C30H47N7O4/c31-26(32)22-15-13-19(14-16-22)18-23(20-8-3-1-4-9-20)27(38)37-25(21-10-5-2-6-11-21)28(39)36-24(29(40)41)12-7-17-35-30(33)34/h13-16,20-21,23-25H,1-12,17-18H2,(H3,31,32)(H,36,39)(H,37,38)(H,40,41)(H4,33,34,35)/t23?,24-,25-/m0/s1. The smallest absolute Gasteiger partial charge is 0.326 e. The number of carbonyl (C=O) groups is 3. The number of amidine groups is 1. The van der Waals surface area contributed by atoms with Gasteiger partial charge < -0.3 is 32.9 Å². The molecule has 1 aromatic carbocycles. The molecule has 3 rings (SSSR count). The fraction of sp³-hybridized carbons (Fsp3) is 0.633. The number of carboxylic acids is 1. The van der Waals surface area contributed by atoms with E-state index in [1.54, 1.807) is 12.1 Å². The maximum atomic E-state index is 14.0. The number of nitrogens with one attached hydrogen (secondary N) is 3. The number of hydrogen-bond acceptors (Lipinski definition) is 5. The van der Waals surface area contributed by atoms with Crippen molar-refractivity contribution in [2.24, 2.45) is 39.9 Å². The zero-order chi connectivity index (χ0) is 29.8. The highest BCUT2D eigenvalue weighted by Crippen LogP contribution is 2.33. The second-order valence-corrected chi connectivity index (χ2v) is 11.6. The Morgan fingerprint density at radius 1 is 0.878 bits per heavy atom. The molecule has 11 nitrogen and oxygen atoms in total. The molecule has 0 radical (unpaired) electrons. The average Bonchev–Trinajstić information content (AvgIpc) is 2.96. The number of hydrogen-bond donors (Lipinski definition) is 7. The highest BCUT2D eigenvalue weighted by Gasteiger charge is 2.37. The van der Waals surface area contributed by atoms with Crippen LogP contribution in [0.3, 0.4) is 0 Å². The minimum atomic E-state index is -1.13. The summed E-state index contributed by atoms with van der Waals surface area (Å²) in [5, 5.41) is 23.2. The van der Waals surface area contributed by atoms with E-state index in [4.69, 9.17) is 22.6 Å². The van der Waals surface area contributed by atoms with Gasteiger partial charge in [-0.05, 0) is 62.3 Å². The van der Waals surface area contributed by atoms with E-state index < -0.39 is 24.0 Å². The highest BCUT2D eigenvalue weighted by atomic mass is 16.4. The lowest BCUT2D eigenvalue weighted by atomic mass is 9.76. The second kappa shape index (κ2) is 16.0. The number of amides is 2. The van der Waals surface area contributed by atoms with Crippen molar-refractivity contribution in [2.45, 2.75) is 95.6 Å². The van der Waals surface area contributed by atoms with E-state index in [2.05, 4.69) is 15.6 Å². The molecule has 41 heavy (non-hydrogen) atoms. The van der Waals surface area contributed by atoms with Crippen molar-refractivity contribution >= 4 is 29.6 Å². The van der Waals surface area contributed by atoms with Crippen molar-refractivity contribution in [3.05, 3.63) is 35.4 Å². The molecular formula is C30H47N7O4. The Labute approximate surface area is 242 Å². The summed E-state index contributed by atoms with van der Waals surface area (Å²) < 4.78 is 0. The summed E-state index contributed by atoms with van der Waals surface area (Å²) in [6.45, 7) is 0.265. The molecule has 0 aliphatic heterocycles. The van der Waals surface area contributed by atoms with Gasteiger partial charge in [-0.15, -0.1) is 0 Å². The molecule has 1 unspecified atom stereocenters. The summed E-state index contributed by atoms with van der Waals surface area (Å²) in [6.07, 6.45) is 11.0. The zero-order valence-electron chi connectivity index (χ0n) is 23.9. The largest absolute Gasteiger partial charge is 0.480 e. The van der Waals surface area contributed by atoms with Gasteiger partial charge in [-0.2, -0.15) is 0 Å². The number of guanidine groups is 1. The summed E-state index contributed by atoms with van der Waals surface area (Å²) in [5.41, 5.74) is 17.9. The van der Waals surface area contributed by atoms with E-state index in [-0.39, 0.29) is 48.4 Å². The Morgan fingerprint density at radius 3 is 2.00 bits per heavy atom. The van der Waals surface area contributed by atoms with Crippen LogP contribution in [0.25, 0.3) is 0 Å². The van der Waals surface area contributed by atoms with Crippen LogP contribution in [0.1, 0.15) is 88.2 Å². The second-order valence-electron chi connectivity index (χ2n) is 11.6. The number of carboxylic acid groups (broad SMARTS) is 1. The number of nitrogens with two attached hydrogens (primary N) is 3. The van der Waals surface area contributed by atoms with Crippen molar-refractivity contribution in [3.63, 3.8) is 0 Å². The molecule has 2 saturated carbocycles. The quantitative estimate of drug-likeness (QED) is 0.101. The zero-order valence-corrected chi connectivity index (χ0v) is 23.9. The number of nitrogen functional groups attached to an aromatic ring is 1. The van der Waals surface area contributed by atoms with E-state index in [0.717, 1.165) is 69.8 Å². The number of aliphatic carboxylic acids is 1. The van der Waals surface area contributed by atoms with E-state index in [9.17, 15) is 19.5 Å². The molecular weight excluding hydrogens is 522 g/mol. The Bertz CT molecular complexity index is 1060. The molecule has 2 fully saturated rings.